The second kappa shape index (κ2) is 9.75. The molecule has 2 N–H and O–H groups in total. The maximum Gasteiger partial charge on any atom is 0.272 e. The van der Waals surface area contributed by atoms with E-state index in [1.165, 1.54) is 16.6 Å². The van der Waals surface area contributed by atoms with E-state index in [2.05, 4.69) is 52.5 Å². The predicted molar refractivity (Wildman–Crippen MR) is 146 cm³/mol. The van der Waals surface area contributed by atoms with Crippen LogP contribution in [0, 0.1) is 0 Å². The van der Waals surface area contributed by atoms with Gasteiger partial charge in [0.2, 0.25) is 0 Å². The third-order valence-electron chi connectivity index (χ3n) is 7.44. The van der Waals surface area contributed by atoms with Gasteiger partial charge in [-0.1, -0.05) is 42.5 Å². The molecule has 0 unspecified atom stereocenters. The van der Waals surface area contributed by atoms with E-state index in [1.54, 1.807) is 7.11 Å². The summed E-state index contributed by atoms with van der Waals surface area (Å²) in [6.07, 6.45) is 2.80. The van der Waals surface area contributed by atoms with Crippen molar-refractivity contribution in [3.63, 3.8) is 0 Å². The Bertz CT molecular complexity index is 1600. The molecule has 5 aromatic rings. The van der Waals surface area contributed by atoms with Gasteiger partial charge in [0.1, 0.15) is 5.75 Å². The normalized spacial score (nSPS) is 13.7. The number of carbonyl (C=O) groups is 1. The summed E-state index contributed by atoms with van der Waals surface area (Å²) < 4.78 is 7.58. The van der Waals surface area contributed by atoms with Crippen LogP contribution in [-0.2, 0) is 32.6 Å². The van der Waals surface area contributed by atoms with Gasteiger partial charge < -0.3 is 15.0 Å². The van der Waals surface area contributed by atoms with Crippen LogP contribution < -0.4 is 10.1 Å². The maximum atomic E-state index is 13.4. The van der Waals surface area contributed by atoms with Crippen molar-refractivity contribution in [1.29, 1.82) is 0 Å². The highest BCUT2D eigenvalue weighted by molar-refractivity contribution is 5.94. The molecule has 2 aromatic heterocycles. The minimum atomic E-state index is -0.118. The number of hydrogen-bond donors (Lipinski definition) is 2. The lowest BCUT2D eigenvalue weighted by molar-refractivity contribution is 0.0943. The Balaban J connectivity index is 1.24. The molecule has 0 fully saturated rings. The molecule has 7 heteroatoms. The first-order valence-electron chi connectivity index (χ1n) is 12.8. The van der Waals surface area contributed by atoms with Gasteiger partial charge in [0.05, 0.1) is 7.11 Å². The van der Waals surface area contributed by atoms with Crippen molar-refractivity contribution in [1.82, 2.24) is 25.0 Å². The molecular formula is C30H31N5O2. The smallest absolute Gasteiger partial charge is 0.272 e. The first-order valence-corrected chi connectivity index (χ1v) is 12.8. The second-order valence-corrected chi connectivity index (χ2v) is 9.56. The van der Waals surface area contributed by atoms with Gasteiger partial charge in [0, 0.05) is 72.9 Å². The average Bonchev–Trinajstić information content (AvgIpc) is 3.57. The number of methoxy groups -OCH3 is 1. The first-order chi connectivity index (χ1) is 18.2. The summed E-state index contributed by atoms with van der Waals surface area (Å²) in [7, 11) is 1.71. The Morgan fingerprint density at radius 3 is 2.73 bits per heavy atom. The molecule has 1 amide bonds. The van der Waals surface area contributed by atoms with E-state index in [-0.39, 0.29) is 5.91 Å². The van der Waals surface area contributed by atoms with Gasteiger partial charge in [-0.3, -0.25) is 14.4 Å². The number of nitrogens with zero attached hydrogens (tertiary/aromatic N) is 3. The summed E-state index contributed by atoms with van der Waals surface area (Å²) in [4.78, 5) is 19.0. The van der Waals surface area contributed by atoms with Crippen LogP contribution in [0.5, 0.6) is 5.75 Å². The third-order valence-corrected chi connectivity index (χ3v) is 7.44. The first kappa shape index (κ1) is 23.3. The molecule has 1 aliphatic heterocycles. The van der Waals surface area contributed by atoms with Gasteiger partial charge in [-0.15, -0.1) is 0 Å². The molecule has 0 radical (unpaired) electrons. The van der Waals surface area contributed by atoms with Crippen LogP contribution in [0.25, 0.3) is 21.7 Å². The highest BCUT2D eigenvalue weighted by Gasteiger charge is 2.28. The third kappa shape index (κ3) is 4.25. The standard InChI is InChI=1S/C30H31N5O2/c1-3-35-27-14-16-34(18-21-11-12-28(37-2)24-9-5-4-8-22(21)24)19-25(27)29(33-35)30(36)32-17-20-7-6-10-26-23(20)13-15-31-26/h4-13,15,31H,3,14,16-19H2,1-2H3,(H,32,36). The molecule has 37 heavy (non-hydrogen) atoms. The van der Waals surface area contributed by atoms with E-state index in [1.807, 2.05) is 41.2 Å². The topological polar surface area (TPSA) is 75.2 Å². The lowest BCUT2D eigenvalue weighted by Crippen LogP contribution is -2.32. The number of H-pyrrole nitrogens is 1. The van der Waals surface area contributed by atoms with E-state index >= 15 is 0 Å². The minimum absolute atomic E-state index is 0.118. The number of ether oxygens (including phenoxy) is 1. The van der Waals surface area contributed by atoms with Crippen molar-refractivity contribution in [2.75, 3.05) is 13.7 Å². The molecule has 0 saturated heterocycles. The summed E-state index contributed by atoms with van der Waals surface area (Å²) in [5.41, 5.74) is 6.18. The molecule has 0 atom stereocenters. The molecule has 0 bridgehead atoms. The second-order valence-electron chi connectivity index (χ2n) is 9.56. The number of nitrogens with one attached hydrogen (secondary N) is 2. The Hall–Kier alpha value is -4.10. The number of rotatable bonds is 7. The predicted octanol–water partition coefficient (Wildman–Crippen LogP) is 5.03. The monoisotopic (exact) mass is 493 g/mol. The van der Waals surface area contributed by atoms with Crippen molar-refractivity contribution in [3.05, 3.63) is 94.9 Å². The molecule has 0 aliphatic carbocycles. The van der Waals surface area contributed by atoms with E-state index in [9.17, 15) is 4.79 Å². The van der Waals surface area contributed by atoms with E-state index < -0.39 is 0 Å². The highest BCUT2D eigenvalue weighted by atomic mass is 16.5. The number of benzene rings is 3. The summed E-state index contributed by atoms with van der Waals surface area (Å²) in [5.74, 6) is 0.770. The summed E-state index contributed by atoms with van der Waals surface area (Å²) in [6.45, 7) is 5.72. The van der Waals surface area contributed by atoms with Crippen molar-refractivity contribution in [2.45, 2.75) is 39.5 Å². The van der Waals surface area contributed by atoms with Crippen LogP contribution in [0.4, 0.5) is 0 Å². The lowest BCUT2D eigenvalue weighted by Gasteiger charge is -2.28. The molecule has 0 spiro atoms. The molecular weight excluding hydrogens is 462 g/mol. The zero-order valence-electron chi connectivity index (χ0n) is 21.3. The molecule has 188 valence electrons. The van der Waals surface area contributed by atoms with E-state index in [0.717, 1.165) is 59.2 Å². The molecule has 3 aromatic carbocycles. The van der Waals surface area contributed by atoms with Gasteiger partial charge in [-0.2, -0.15) is 5.10 Å². The number of hydrogen-bond acceptors (Lipinski definition) is 4. The number of aromatic amines is 1. The van der Waals surface area contributed by atoms with Gasteiger partial charge in [0.25, 0.3) is 5.91 Å². The number of carbonyl (C=O) groups excluding carboxylic acids is 1. The SMILES string of the molecule is CCn1nc(C(=O)NCc2cccc3[nH]ccc23)c2c1CCN(Cc1ccc(OC)c3ccccc13)C2. The lowest BCUT2D eigenvalue weighted by atomic mass is 10.0. The number of amides is 1. The van der Waals surface area contributed by atoms with Crippen molar-refractivity contribution < 1.29 is 9.53 Å². The van der Waals surface area contributed by atoms with Gasteiger partial charge in [0.15, 0.2) is 5.69 Å². The molecule has 7 nitrogen and oxygen atoms in total. The quantitative estimate of drug-likeness (QED) is 0.333. The van der Waals surface area contributed by atoms with Gasteiger partial charge >= 0.3 is 0 Å². The van der Waals surface area contributed by atoms with Crippen LogP contribution >= 0.6 is 0 Å². The Morgan fingerprint density at radius 2 is 1.89 bits per heavy atom. The largest absolute Gasteiger partial charge is 0.496 e. The molecule has 1 aliphatic rings. The zero-order chi connectivity index (χ0) is 25.4. The number of aryl methyl sites for hydroxylation is 1. The highest BCUT2D eigenvalue weighted by Crippen LogP contribution is 2.31. The van der Waals surface area contributed by atoms with Crippen LogP contribution in [0.2, 0.25) is 0 Å². The summed E-state index contributed by atoms with van der Waals surface area (Å²) in [5, 5.41) is 11.3. The summed E-state index contributed by atoms with van der Waals surface area (Å²) >= 11 is 0. The van der Waals surface area contributed by atoms with Gasteiger partial charge in [-0.25, -0.2) is 0 Å². The maximum absolute atomic E-state index is 13.4. The molecule has 6 rings (SSSR count). The van der Waals surface area contributed by atoms with Crippen molar-refractivity contribution in [2.24, 2.45) is 0 Å². The van der Waals surface area contributed by atoms with Crippen molar-refractivity contribution in [3.8, 4) is 5.75 Å². The average molecular weight is 494 g/mol. The minimum Gasteiger partial charge on any atom is -0.496 e. The fourth-order valence-corrected chi connectivity index (χ4v) is 5.58. The van der Waals surface area contributed by atoms with Gasteiger partial charge in [-0.05, 0) is 41.6 Å². The zero-order valence-corrected chi connectivity index (χ0v) is 21.3. The van der Waals surface area contributed by atoms with Crippen LogP contribution in [0.15, 0.2) is 66.9 Å². The number of aromatic nitrogens is 3. The Morgan fingerprint density at radius 1 is 1.03 bits per heavy atom. The fourth-order valence-electron chi connectivity index (χ4n) is 5.58. The fraction of sp³-hybridized carbons (Fsp3) is 0.267. The van der Waals surface area contributed by atoms with E-state index in [4.69, 9.17) is 9.84 Å². The molecule has 3 heterocycles. The molecule has 0 saturated carbocycles. The Labute approximate surface area is 216 Å². The van der Waals surface area contributed by atoms with E-state index in [0.29, 0.717) is 18.8 Å². The van der Waals surface area contributed by atoms with Crippen LogP contribution in [0.3, 0.4) is 0 Å². The Kier molecular flexibility index (Phi) is 6.14. The number of fused-ring (bicyclic) bond motifs is 3. The van der Waals surface area contributed by atoms with Crippen LogP contribution in [-0.4, -0.2) is 39.2 Å². The van der Waals surface area contributed by atoms with Crippen molar-refractivity contribution >= 4 is 27.6 Å². The van der Waals surface area contributed by atoms with Crippen LogP contribution in [0.1, 0.15) is 39.8 Å². The summed E-state index contributed by atoms with van der Waals surface area (Å²) in [6, 6.07) is 20.7.